The number of halogens is 1. The van der Waals surface area contributed by atoms with E-state index in [0.717, 1.165) is 25.6 Å². The van der Waals surface area contributed by atoms with E-state index in [2.05, 4.69) is 41.0 Å². The number of likely N-dealkylation sites (N-methyl/N-ethyl adjacent to an activating group) is 1. The molecule has 2 rings (SSSR count). The minimum absolute atomic E-state index is 0. The number of hydrogen-bond acceptors (Lipinski definition) is 2. The fraction of sp³-hybridized carbons (Fsp3) is 0.941. The van der Waals surface area contributed by atoms with Crippen molar-refractivity contribution in [2.75, 3.05) is 40.3 Å². The molecule has 2 aliphatic heterocycles. The van der Waals surface area contributed by atoms with E-state index in [-0.39, 0.29) is 24.0 Å². The van der Waals surface area contributed by atoms with Crippen molar-refractivity contribution in [2.45, 2.75) is 58.4 Å². The molecule has 2 saturated heterocycles. The first-order valence-corrected chi connectivity index (χ1v) is 8.74. The predicted molar refractivity (Wildman–Crippen MR) is 106 cm³/mol. The first-order valence-electron chi connectivity index (χ1n) is 8.74. The molecular formula is C17H35IN4. The Balaban J connectivity index is 0.00000242. The van der Waals surface area contributed by atoms with Crippen molar-refractivity contribution in [2.24, 2.45) is 10.4 Å². The smallest absolute Gasteiger partial charge is 0.193 e. The highest BCUT2D eigenvalue weighted by molar-refractivity contribution is 14.0. The third-order valence-corrected chi connectivity index (χ3v) is 5.31. The number of nitrogens with zero attached hydrogens (tertiary/aromatic N) is 3. The van der Waals surface area contributed by atoms with Crippen LogP contribution in [0.15, 0.2) is 4.99 Å². The molecule has 0 aliphatic carbocycles. The van der Waals surface area contributed by atoms with E-state index >= 15 is 0 Å². The Morgan fingerprint density at radius 1 is 1.32 bits per heavy atom. The third-order valence-electron chi connectivity index (χ3n) is 5.31. The monoisotopic (exact) mass is 422 g/mol. The van der Waals surface area contributed by atoms with Gasteiger partial charge in [0, 0.05) is 32.7 Å². The minimum Gasteiger partial charge on any atom is -0.355 e. The normalized spacial score (nSPS) is 30.3. The molecule has 2 unspecified atom stereocenters. The zero-order valence-corrected chi connectivity index (χ0v) is 17.2. The quantitative estimate of drug-likeness (QED) is 0.429. The van der Waals surface area contributed by atoms with Gasteiger partial charge >= 0.3 is 0 Å². The van der Waals surface area contributed by atoms with Crippen LogP contribution in [-0.2, 0) is 0 Å². The largest absolute Gasteiger partial charge is 0.355 e. The van der Waals surface area contributed by atoms with Crippen LogP contribution in [0, 0.1) is 5.41 Å². The molecule has 22 heavy (non-hydrogen) atoms. The molecule has 0 amide bonds. The summed E-state index contributed by atoms with van der Waals surface area (Å²) in [5, 5.41) is 3.63. The van der Waals surface area contributed by atoms with E-state index < -0.39 is 0 Å². The summed E-state index contributed by atoms with van der Waals surface area (Å²) in [6, 6.07) is 0.675. The van der Waals surface area contributed by atoms with Crippen LogP contribution in [0.25, 0.3) is 0 Å². The summed E-state index contributed by atoms with van der Waals surface area (Å²) in [6.07, 6.45) is 7.91. The van der Waals surface area contributed by atoms with Gasteiger partial charge in [0.05, 0.1) is 0 Å². The van der Waals surface area contributed by atoms with Gasteiger partial charge in [0.2, 0.25) is 0 Å². The second-order valence-corrected chi connectivity index (χ2v) is 7.29. The number of piperidine rings is 1. The average Bonchev–Trinajstić information content (AvgIpc) is 2.85. The van der Waals surface area contributed by atoms with Gasteiger partial charge in [-0.15, -0.1) is 24.0 Å². The highest BCUT2D eigenvalue weighted by Crippen LogP contribution is 2.33. The lowest BCUT2D eigenvalue weighted by Crippen LogP contribution is -2.51. The standard InChI is InChI=1S/C17H34N4.HI/c1-5-9-17(2)10-7-12-21(14-17)16(18-3)19-13-15-8-6-11-20(15)4;/h15H,5-14H2,1-4H3,(H,18,19);1H. The van der Waals surface area contributed by atoms with Crippen LogP contribution in [0.4, 0.5) is 0 Å². The van der Waals surface area contributed by atoms with Crippen LogP contribution >= 0.6 is 24.0 Å². The van der Waals surface area contributed by atoms with Crippen LogP contribution in [0.2, 0.25) is 0 Å². The summed E-state index contributed by atoms with van der Waals surface area (Å²) in [4.78, 5) is 9.49. The molecule has 1 N–H and O–H groups in total. The number of likely N-dealkylation sites (tertiary alicyclic amines) is 2. The molecule has 5 heteroatoms. The van der Waals surface area contributed by atoms with Gasteiger partial charge in [-0.05, 0) is 51.1 Å². The third kappa shape index (κ3) is 5.25. The lowest BCUT2D eigenvalue weighted by atomic mass is 9.78. The Morgan fingerprint density at radius 2 is 2.09 bits per heavy atom. The molecule has 0 aromatic heterocycles. The number of hydrogen-bond donors (Lipinski definition) is 1. The van der Waals surface area contributed by atoms with Crippen LogP contribution in [-0.4, -0.2) is 62.1 Å². The molecule has 0 saturated carbocycles. The summed E-state index contributed by atoms with van der Waals surface area (Å²) in [5.41, 5.74) is 0.467. The van der Waals surface area contributed by atoms with E-state index in [9.17, 15) is 0 Å². The van der Waals surface area contributed by atoms with Gasteiger partial charge in [-0.3, -0.25) is 4.99 Å². The molecule has 130 valence electrons. The topological polar surface area (TPSA) is 30.9 Å². The van der Waals surface area contributed by atoms with Crippen LogP contribution in [0.1, 0.15) is 52.4 Å². The Bertz CT molecular complexity index is 357. The van der Waals surface area contributed by atoms with E-state index in [1.54, 1.807) is 0 Å². The molecule has 0 aromatic carbocycles. The van der Waals surface area contributed by atoms with Gasteiger partial charge in [0.25, 0.3) is 0 Å². The van der Waals surface area contributed by atoms with E-state index in [4.69, 9.17) is 0 Å². The van der Waals surface area contributed by atoms with Gasteiger partial charge in [0.1, 0.15) is 0 Å². The van der Waals surface area contributed by atoms with Gasteiger partial charge in [-0.25, -0.2) is 0 Å². The van der Waals surface area contributed by atoms with Gasteiger partial charge in [-0.1, -0.05) is 20.3 Å². The summed E-state index contributed by atoms with van der Waals surface area (Å²) in [5.74, 6) is 1.11. The Morgan fingerprint density at radius 3 is 2.68 bits per heavy atom. The number of nitrogens with one attached hydrogen (secondary N) is 1. The van der Waals surface area contributed by atoms with Crippen molar-refractivity contribution in [1.29, 1.82) is 0 Å². The average molecular weight is 422 g/mol. The molecule has 2 atom stereocenters. The van der Waals surface area contributed by atoms with E-state index in [1.165, 1.54) is 45.1 Å². The summed E-state index contributed by atoms with van der Waals surface area (Å²) >= 11 is 0. The van der Waals surface area contributed by atoms with Crippen molar-refractivity contribution in [1.82, 2.24) is 15.1 Å². The van der Waals surface area contributed by atoms with Crippen molar-refractivity contribution >= 4 is 29.9 Å². The van der Waals surface area contributed by atoms with Crippen molar-refractivity contribution < 1.29 is 0 Å². The fourth-order valence-corrected chi connectivity index (χ4v) is 4.08. The Kier molecular flexibility index (Phi) is 8.46. The summed E-state index contributed by atoms with van der Waals surface area (Å²) < 4.78 is 0. The molecule has 0 spiro atoms. The number of guanidine groups is 1. The maximum absolute atomic E-state index is 4.54. The lowest BCUT2D eigenvalue weighted by molar-refractivity contribution is 0.142. The van der Waals surface area contributed by atoms with E-state index in [1.807, 2.05) is 7.05 Å². The maximum Gasteiger partial charge on any atom is 0.193 e. The SMILES string of the molecule is CCCC1(C)CCCN(C(=NC)NCC2CCCN2C)C1.I. The van der Waals surface area contributed by atoms with Gasteiger partial charge < -0.3 is 15.1 Å². The molecule has 0 aromatic rings. The zero-order valence-electron chi connectivity index (χ0n) is 14.9. The molecule has 2 heterocycles. The molecule has 2 fully saturated rings. The molecule has 0 bridgehead atoms. The first-order chi connectivity index (χ1) is 10.1. The van der Waals surface area contributed by atoms with Gasteiger partial charge in [0.15, 0.2) is 5.96 Å². The second-order valence-electron chi connectivity index (χ2n) is 7.29. The van der Waals surface area contributed by atoms with Crippen LogP contribution in [0.3, 0.4) is 0 Å². The van der Waals surface area contributed by atoms with Crippen molar-refractivity contribution in [3.63, 3.8) is 0 Å². The minimum atomic E-state index is 0. The summed E-state index contributed by atoms with van der Waals surface area (Å²) in [7, 11) is 4.16. The highest BCUT2D eigenvalue weighted by atomic mass is 127. The molecular weight excluding hydrogens is 387 g/mol. The Hall–Kier alpha value is -0.0400. The molecule has 4 nitrogen and oxygen atoms in total. The fourth-order valence-electron chi connectivity index (χ4n) is 4.08. The highest BCUT2D eigenvalue weighted by Gasteiger charge is 2.31. The number of aliphatic imine (C=N–C) groups is 1. The molecule has 2 aliphatic rings. The number of rotatable bonds is 4. The van der Waals surface area contributed by atoms with Crippen molar-refractivity contribution in [3.05, 3.63) is 0 Å². The van der Waals surface area contributed by atoms with Crippen molar-refractivity contribution in [3.8, 4) is 0 Å². The maximum atomic E-state index is 4.54. The predicted octanol–water partition coefficient (Wildman–Crippen LogP) is 3.18. The van der Waals surface area contributed by atoms with E-state index in [0.29, 0.717) is 11.5 Å². The summed E-state index contributed by atoms with van der Waals surface area (Å²) in [6.45, 7) is 9.32. The van der Waals surface area contributed by atoms with Gasteiger partial charge in [-0.2, -0.15) is 0 Å². The van der Waals surface area contributed by atoms with Crippen LogP contribution < -0.4 is 5.32 Å². The molecule has 0 radical (unpaired) electrons. The second kappa shape index (κ2) is 9.30. The van der Waals surface area contributed by atoms with Crippen LogP contribution in [0.5, 0.6) is 0 Å². The first kappa shape index (κ1) is 20.0. The lowest BCUT2D eigenvalue weighted by Gasteiger charge is -2.42. The Labute approximate surface area is 154 Å². The zero-order chi connectivity index (χ0) is 15.3.